The number of benzene rings is 2. The van der Waals surface area contributed by atoms with Crippen molar-refractivity contribution in [1.82, 2.24) is 9.88 Å². The number of aliphatic hydroxyl groups is 1. The number of rotatable bonds is 6. The molecule has 4 rings (SSSR count). The van der Waals surface area contributed by atoms with Crippen LogP contribution >= 0.6 is 0 Å². The predicted molar refractivity (Wildman–Crippen MR) is 115 cm³/mol. The number of nitrogens with one attached hydrogen (secondary N) is 1. The average Bonchev–Trinajstić information content (AvgIpc) is 2.82. The molecular formula is C24H22FN3O4. The van der Waals surface area contributed by atoms with Gasteiger partial charge in [0.1, 0.15) is 18.5 Å². The van der Waals surface area contributed by atoms with Crippen LogP contribution in [0.3, 0.4) is 0 Å². The Kier molecular flexibility index (Phi) is 6.53. The fourth-order valence-electron chi connectivity index (χ4n) is 3.56. The fraction of sp³-hybridized carbons (Fsp3) is 0.208. The molecule has 0 saturated carbocycles. The van der Waals surface area contributed by atoms with Gasteiger partial charge >= 0.3 is 0 Å². The number of pyridine rings is 1. The molecule has 1 aliphatic rings. The third kappa shape index (κ3) is 4.99. The number of hydrogen-bond acceptors (Lipinski definition) is 5. The van der Waals surface area contributed by atoms with Gasteiger partial charge in [0.05, 0.1) is 18.2 Å². The predicted octanol–water partition coefficient (Wildman–Crippen LogP) is 2.93. The van der Waals surface area contributed by atoms with E-state index >= 15 is 0 Å². The quantitative estimate of drug-likeness (QED) is 0.621. The zero-order chi connectivity index (χ0) is 22.5. The first kappa shape index (κ1) is 21.6. The van der Waals surface area contributed by atoms with Crippen LogP contribution in [0.25, 0.3) is 0 Å². The molecule has 1 aliphatic heterocycles. The number of nitrogens with zero attached hydrogens (tertiary/aromatic N) is 2. The maximum absolute atomic E-state index is 13.2. The van der Waals surface area contributed by atoms with Crippen LogP contribution in [-0.4, -0.2) is 46.1 Å². The largest absolute Gasteiger partial charge is 0.386 e. The zero-order valence-corrected chi connectivity index (χ0v) is 17.1. The lowest BCUT2D eigenvalue weighted by Crippen LogP contribution is -2.51. The molecule has 2 atom stereocenters. The maximum atomic E-state index is 13.2. The van der Waals surface area contributed by atoms with E-state index in [2.05, 4.69) is 10.3 Å². The van der Waals surface area contributed by atoms with E-state index in [-0.39, 0.29) is 37.4 Å². The molecule has 7 nitrogen and oxygen atoms in total. The van der Waals surface area contributed by atoms with Gasteiger partial charge in [-0.25, -0.2) is 4.39 Å². The number of halogens is 1. The van der Waals surface area contributed by atoms with Gasteiger partial charge in [0.2, 0.25) is 5.91 Å². The molecule has 3 aromatic rings. The van der Waals surface area contributed by atoms with Crippen LogP contribution < -0.4 is 5.32 Å². The molecule has 0 spiro atoms. The molecule has 8 heteroatoms. The lowest BCUT2D eigenvalue weighted by Gasteiger charge is -2.38. The molecule has 2 heterocycles. The summed E-state index contributed by atoms with van der Waals surface area (Å²) in [4.78, 5) is 30.2. The highest BCUT2D eigenvalue weighted by Gasteiger charge is 2.34. The number of aromatic nitrogens is 1. The monoisotopic (exact) mass is 435 g/mol. The first-order chi connectivity index (χ1) is 15.5. The average molecular weight is 435 g/mol. The summed E-state index contributed by atoms with van der Waals surface area (Å²) in [6, 6.07) is 15.4. The van der Waals surface area contributed by atoms with Crippen LogP contribution in [0.2, 0.25) is 0 Å². The van der Waals surface area contributed by atoms with Crippen LogP contribution in [-0.2, 0) is 16.1 Å². The van der Waals surface area contributed by atoms with Gasteiger partial charge in [-0.3, -0.25) is 14.6 Å². The second kappa shape index (κ2) is 9.67. The number of hydrogen-bond donors (Lipinski definition) is 2. The van der Waals surface area contributed by atoms with Crippen molar-refractivity contribution in [2.24, 2.45) is 0 Å². The Bertz CT molecular complexity index is 1070. The first-order valence-electron chi connectivity index (χ1n) is 10.1. The number of ether oxygens (including phenoxy) is 1. The van der Waals surface area contributed by atoms with Crippen LogP contribution in [0.4, 0.5) is 10.1 Å². The van der Waals surface area contributed by atoms with Gasteiger partial charge < -0.3 is 20.1 Å². The van der Waals surface area contributed by atoms with Crippen molar-refractivity contribution in [3.05, 3.63) is 95.6 Å². The second-order valence-electron chi connectivity index (χ2n) is 7.49. The molecular weight excluding hydrogens is 413 g/mol. The number of morpholine rings is 1. The fourth-order valence-corrected chi connectivity index (χ4v) is 3.56. The topological polar surface area (TPSA) is 91.8 Å². The van der Waals surface area contributed by atoms with E-state index in [4.69, 9.17) is 4.74 Å². The SMILES string of the molecule is O=C(Nc1ccc([C@@H](O)[C@H]2COCC(=O)N2Cc2ccc(F)cc2)cc1)c1cccnc1. The lowest BCUT2D eigenvalue weighted by molar-refractivity contribution is -0.155. The summed E-state index contributed by atoms with van der Waals surface area (Å²) in [6.07, 6.45) is 2.07. The molecule has 0 aliphatic carbocycles. The van der Waals surface area contributed by atoms with Crippen molar-refractivity contribution in [1.29, 1.82) is 0 Å². The molecule has 0 unspecified atom stereocenters. The summed E-state index contributed by atoms with van der Waals surface area (Å²) in [5.41, 5.74) is 2.34. The number of anilines is 1. The highest BCUT2D eigenvalue weighted by Crippen LogP contribution is 2.27. The van der Waals surface area contributed by atoms with Crippen molar-refractivity contribution >= 4 is 17.5 Å². The van der Waals surface area contributed by atoms with E-state index in [9.17, 15) is 19.1 Å². The van der Waals surface area contributed by atoms with E-state index in [0.717, 1.165) is 5.56 Å². The molecule has 2 amide bonds. The number of carbonyl (C=O) groups is 2. The number of carbonyl (C=O) groups excluding carboxylic acids is 2. The summed E-state index contributed by atoms with van der Waals surface area (Å²) in [7, 11) is 0. The standard InChI is InChI=1S/C24H22FN3O4/c25-19-7-3-16(4-8-19)13-28-21(14-32-15-22(28)29)23(30)17-5-9-20(10-6-17)27-24(31)18-2-1-11-26-12-18/h1-12,21,23,30H,13-15H2,(H,27,31)/t21-,23-/m1/s1. The molecule has 2 N–H and O–H groups in total. The smallest absolute Gasteiger partial charge is 0.257 e. The Morgan fingerprint density at radius 3 is 2.62 bits per heavy atom. The van der Waals surface area contributed by atoms with Crippen molar-refractivity contribution in [3.63, 3.8) is 0 Å². The Morgan fingerprint density at radius 2 is 1.94 bits per heavy atom. The van der Waals surface area contributed by atoms with Gasteiger partial charge in [0, 0.05) is 24.6 Å². The van der Waals surface area contributed by atoms with Crippen molar-refractivity contribution in [2.45, 2.75) is 18.7 Å². The molecule has 0 bridgehead atoms. The Hall–Kier alpha value is -3.62. The van der Waals surface area contributed by atoms with Gasteiger partial charge in [-0.15, -0.1) is 0 Å². The van der Waals surface area contributed by atoms with Crippen LogP contribution in [0.1, 0.15) is 27.6 Å². The summed E-state index contributed by atoms with van der Waals surface area (Å²) in [5.74, 6) is -0.887. The summed E-state index contributed by atoms with van der Waals surface area (Å²) < 4.78 is 18.6. The highest BCUT2D eigenvalue weighted by atomic mass is 19.1. The normalized spacial score (nSPS) is 17.1. The van der Waals surface area contributed by atoms with Crippen molar-refractivity contribution in [3.8, 4) is 0 Å². The highest BCUT2D eigenvalue weighted by molar-refractivity contribution is 6.04. The number of amides is 2. The third-order valence-electron chi connectivity index (χ3n) is 5.30. The Morgan fingerprint density at radius 1 is 1.19 bits per heavy atom. The van der Waals surface area contributed by atoms with E-state index in [1.165, 1.54) is 18.3 Å². The van der Waals surface area contributed by atoms with E-state index < -0.39 is 12.1 Å². The van der Waals surface area contributed by atoms with E-state index in [1.54, 1.807) is 59.6 Å². The summed E-state index contributed by atoms with van der Waals surface area (Å²) in [5, 5.41) is 13.8. The van der Waals surface area contributed by atoms with E-state index in [0.29, 0.717) is 16.8 Å². The summed E-state index contributed by atoms with van der Waals surface area (Å²) >= 11 is 0. The van der Waals surface area contributed by atoms with Crippen molar-refractivity contribution in [2.75, 3.05) is 18.5 Å². The van der Waals surface area contributed by atoms with Gasteiger partial charge in [0.25, 0.3) is 5.91 Å². The number of aliphatic hydroxyl groups excluding tert-OH is 1. The van der Waals surface area contributed by atoms with Crippen LogP contribution in [0, 0.1) is 5.82 Å². The molecule has 164 valence electrons. The van der Waals surface area contributed by atoms with Gasteiger partial charge in [-0.05, 0) is 47.5 Å². The molecule has 0 radical (unpaired) electrons. The zero-order valence-electron chi connectivity index (χ0n) is 17.1. The van der Waals surface area contributed by atoms with Gasteiger partial charge in [-0.2, -0.15) is 0 Å². The van der Waals surface area contributed by atoms with Crippen LogP contribution in [0.15, 0.2) is 73.1 Å². The minimum atomic E-state index is -0.997. The molecule has 1 fully saturated rings. The summed E-state index contributed by atoms with van der Waals surface area (Å²) in [6.45, 7) is 0.348. The van der Waals surface area contributed by atoms with Gasteiger partial charge in [-0.1, -0.05) is 24.3 Å². The minimum absolute atomic E-state index is 0.0657. The Balaban J connectivity index is 1.46. The van der Waals surface area contributed by atoms with Crippen LogP contribution in [0.5, 0.6) is 0 Å². The Labute approximate surface area is 184 Å². The van der Waals surface area contributed by atoms with Crippen molar-refractivity contribution < 1.29 is 23.8 Å². The van der Waals surface area contributed by atoms with E-state index in [1.807, 2.05) is 0 Å². The van der Waals surface area contributed by atoms with Gasteiger partial charge in [0.15, 0.2) is 0 Å². The molecule has 2 aromatic carbocycles. The molecule has 32 heavy (non-hydrogen) atoms. The third-order valence-corrected chi connectivity index (χ3v) is 5.30. The molecule has 1 aromatic heterocycles. The maximum Gasteiger partial charge on any atom is 0.257 e. The lowest BCUT2D eigenvalue weighted by atomic mass is 9.99. The molecule has 1 saturated heterocycles. The minimum Gasteiger partial charge on any atom is -0.386 e. The second-order valence-corrected chi connectivity index (χ2v) is 7.49. The first-order valence-corrected chi connectivity index (χ1v) is 10.1.